The summed E-state index contributed by atoms with van der Waals surface area (Å²) in [6, 6.07) is 0. The maximum atomic E-state index is 12.6. The third-order valence-corrected chi connectivity index (χ3v) is 9.56. The highest BCUT2D eigenvalue weighted by Gasteiger charge is 2.46. The third kappa shape index (κ3) is 24.9. The molecule has 0 aliphatic carbocycles. The Morgan fingerprint density at radius 2 is 1.16 bits per heavy atom. The van der Waals surface area contributed by atoms with Crippen LogP contribution in [0.5, 0.6) is 0 Å². The summed E-state index contributed by atoms with van der Waals surface area (Å²) in [5, 5.41) is 30.7. The van der Waals surface area contributed by atoms with Gasteiger partial charge in [0.25, 0.3) is 10.1 Å². The van der Waals surface area contributed by atoms with Crippen LogP contribution in [0, 0.1) is 0 Å². The van der Waals surface area contributed by atoms with Crippen LogP contribution in [0.3, 0.4) is 0 Å². The molecule has 1 aliphatic rings. The Balaban J connectivity index is 2.50. The summed E-state index contributed by atoms with van der Waals surface area (Å²) < 4.78 is 53.7. The van der Waals surface area contributed by atoms with Gasteiger partial charge in [0.2, 0.25) is 0 Å². The molecule has 13 heteroatoms. The quantitative estimate of drug-likeness (QED) is 0.0262. The largest absolute Gasteiger partial charge is 0.462 e. The van der Waals surface area contributed by atoms with Crippen molar-refractivity contribution in [3.05, 3.63) is 24.3 Å². The molecule has 298 valence electrons. The first-order valence-electron chi connectivity index (χ1n) is 19.4. The van der Waals surface area contributed by atoms with Crippen LogP contribution in [-0.2, 0) is 38.7 Å². The summed E-state index contributed by atoms with van der Waals surface area (Å²) in [5.74, 6) is -2.01. The number of esters is 2. The Kier molecular flexibility index (Phi) is 27.3. The van der Waals surface area contributed by atoms with Gasteiger partial charge in [0.15, 0.2) is 12.4 Å². The third-order valence-electron chi connectivity index (χ3n) is 8.81. The van der Waals surface area contributed by atoms with E-state index < -0.39 is 71.2 Å². The molecule has 1 saturated heterocycles. The summed E-state index contributed by atoms with van der Waals surface area (Å²) in [6.07, 6.45) is 19.7. The topological polar surface area (TPSA) is 186 Å². The molecule has 0 aromatic carbocycles. The Morgan fingerprint density at radius 1 is 0.667 bits per heavy atom. The highest BCUT2D eigenvalue weighted by atomic mass is 32.2. The van der Waals surface area contributed by atoms with Crippen LogP contribution in [0.2, 0.25) is 0 Å². The van der Waals surface area contributed by atoms with E-state index in [-0.39, 0.29) is 19.4 Å². The monoisotopic (exact) mass is 748 g/mol. The molecular weight excluding hydrogens is 680 g/mol. The molecule has 0 amide bonds. The molecule has 0 spiro atoms. The highest BCUT2D eigenvalue weighted by molar-refractivity contribution is 7.85. The normalized spacial score (nSPS) is 21.7. The van der Waals surface area contributed by atoms with Crippen molar-refractivity contribution >= 4 is 22.1 Å². The van der Waals surface area contributed by atoms with E-state index >= 15 is 0 Å². The number of hydrogen-bond donors (Lipinski definition) is 4. The summed E-state index contributed by atoms with van der Waals surface area (Å²) in [7, 11) is -4.59. The molecule has 0 bridgehead atoms. The van der Waals surface area contributed by atoms with Crippen LogP contribution < -0.4 is 0 Å². The molecule has 51 heavy (non-hydrogen) atoms. The lowest BCUT2D eigenvalue weighted by Crippen LogP contribution is -2.60. The lowest BCUT2D eigenvalue weighted by atomic mass is 10.00. The number of allylic oxidation sites excluding steroid dienone is 4. The number of carbonyl (C=O) groups is 2. The molecule has 4 N–H and O–H groups in total. The van der Waals surface area contributed by atoms with E-state index in [1.165, 1.54) is 51.4 Å². The van der Waals surface area contributed by atoms with Gasteiger partial charge in [-0.2, -0.15) is 8.42 Å². The van der Waals surface area contributed by atoms with Gasteiger partial charge in [-0.3, -0.25) is 14.1 Å². The minimum Gasteiger partial charge on any atom is -0.462 e. The van der Waals surface area contributed by atoms with E-state index in [1.807, 2.05) is 0 Å². The van der Waals surface area contributed by atoms with Gasteiger partial charge in [0.05, 0.1) is 6.61 Å². The van der Waals surface area contributed by atoms with Gasteiger partial charge in [0.1, 0.15) is 36.8 Å². The van der Waals surface area contributed by atoms with E-state index in [0.29, 0.717) is 12.8 Å². The molecule has 2 unspecified atom stereocenters. The van der Waals surface area contributed by atoms with Gasteiger partial charge in [-0.05, 0) is 38.5 Å². The molecule has 0 saturated carbocycles. The number of carbonyl (C=O) groups excluding carboxylic acids is 2. The molecule has 0 radical (unpaired) electrons. The number of rotatable bonds is 31. The molecule has 0 aromatic rings. The minimum absolute atomic E-state index is 0.162. The number of hydrogen-bond acceptors (Lipinski definition) is 11. The van der Waals surface area contributed by atoms with Crippen LogP contribution >= 0.6 is 0 Å². The first kappa shape index (κ1) is 47.2. The van der Waals surface area contributed by atoms with Crippen molar-refractivity contribution < 1.29 is 56.8 Å². The summed E-state index contributed by atoms with van der Waals surface area (Å²) in [4.78, 5) is 25.1. The summed E-state index contributed by atoms with van der Waals surface area (Å²) >= 11 is 0. The predicted molar refractivity (Wildman–Crippen MR) is 196 cm³/mol. The molecule has 1 fully saturated rings. The number of unbranched alkanes of at least 4 members (excludes halogenated alkanes) is 16. The first-order chi connectivity index (χ1) is 24.5. The van der Waals surface area contributed by atoms with Gasteiger partial charge in [-0.15, -0.1) is 0 Å². The van der Waals surface area contributed by atoms with Crippen molar-refractivity contribution in [2.24, 2.45) is 0 Å². The van der Waals surface area contributed by atoms with Crippen LogP contribution in [-0.4, -0.2) is 96.0 Å². The predicted octanol–water partition coefficient (Wildman–Crippen LogP) is 6.50. The van der Waals surface area contributed by atoms with Gasteiger partial charge in [-0.1, -0.05) is 122 Å². The average Bonchev–Trinajstić information content (AvgIpc) is 3.09. The van der Waals surface area contributed by atoms with Crippen LogP contribution in [0.1, 0.15) is 149 Å². The molecule has 12 nitrogen and oxygen atoms in total. The Labute approximate surface area is 307 Å². The number of aliphatic hydroxyl groups is 3. The lowest BCUT2D eigenvalue weighted by Gasteiger charge is -2.40. The van der Waals surface area contributed by atoms with Gasteiger partial charge < -0.3 is 34.3 Å². The zero-order valence-electron chi connectivity index (χ0n) is 31.2. The van der Waals surface area contributed by atoms with Crippen LogP contribution in [0.25, 0.3) is 0 Å². The second kappa shape index (κ2) is 29.6. The lowest BCUT2D eigenvalue weighted by molar-refractivity contribution is -0.297. The molecule has 1 aliphatic heterocycles. The van der Waals surface area contributed by atoms with Crippen molar-refractivity contribution in [1.29, 1.82) is 0 Å². The SMILES string of the molecule is CCCCCC/C=C/C=C/CCCCCCCC(=O)OC[C@H](CO[C@H]1O[C@H](CS(=O)(=O)O)[C@@H](O)C(O)C1O)OC(=O)CCCCCCCCCC. The fourth-order valence-corrected chi connectivity index (χ4v) is 6.42. The maximum absolute atomic E-state index is 12.6. The van der Waals surface area contributed by atoms with E-state index in [1.54, 1.807) is 0 Å². The van der Waals surface area contributed by atoms with E-state index in [0.717, 1.165) is 57.8 Å². The van der Waals surface area contributed by atoms with E-state index in [9.17, 15) is 37.9 Å². The highest BCUT2D eigenvalue weighted by Crippen LogP contribution is 2.24. The smallest absolute Gasteiger partial charge is 0.306 e. The zero-order valence-corrected chi connectivity index (χ0v) is 32.0. The molecular formula is C38H68O12S. The van der Waals surface area contributed by atoms with Gasteiger partial charge in [0, 0.05) is 12.8 Å². The van der Waals surface area contributed by atoms with Gasteiger partial charge in [-0.25, -0.2) is 0 Å². The Hall–Kier alpha value is -1.87. The maximum Gasteiger partial charge on any atom is 0.306 e. The van der Waals surface area contributed by atoms with Crippen molar-refractivity contribution in [3.8, 4) is 0 Å². The zero-order chi connectivity index (χ0) is 37.7. The van der Waals surface area contributed by atoms with Crippen molar-refractivity contribution in [2.45, 2.75) is 185 Å². The standard InChI is InChI=1S/C38H68O12S/c1-3-5-7-9-11-13-14-15-16-17-18-19-21-22-24-26-33(39)47-28-31(49-34(40)27-25-23-20-12-10-8-6-4-2)29-48-38-37(43)36(42)35(41)32(50-38)30-51(44,45)46/h13-16,31-32,35-38,41-43H,3-12,17-30H2,1-2H3,(H,44,45,46)/b14-13+,16-15+/t31-,32-,35-,36?,37?,38+/m1/s1. The van der Waals surface area contributed by atoms with Gasteiger partial charge >= 0.3 is 11.9 Å². The fraction of sp³-hybridized carbons (Fsp3) is 0.842. The Bertz CT molecular complexity index is 1060. The van der Waals surface area contributed by atoms with Crippen molar-refractivity contribution in [3.63, 3.8) is 0 Å². The summed E-state index contributed by atoms with van der Waals surface area (Å²) in [5.41, 5.74) is 0. The second-order valence-corrected chi connectivity index (χ2v) is 15.1. The Morgan fingerprint density at radius 3 is 1.71 bits per heavy atom. The minimum atomic E-state index is -4.59. The van der Waals surface area contributed by atoms with E-state index in [4.69, 9.17) is 18.9 Å². The first-order valence-corrected chi connectivity index (χ1v) is 21.0. The molecule has 1 rings (SSSR count). The van der Waals surface area contributed by atoms with Crippen LogP contribution in [0.15, 0.2) is 24.3 Å². The molecule has 6 atom stereocenters. The molecule has 1 heterocycles. The average molecular weight is 749 g/mol. The fourth-order valence-electron chi connectivity index (χ4n) is 5.72. The second-order valence-electron chi connectivity index (χ2n) is 13.6. The van der Waals surface area contributed by atoms with Crippen molar-refractivity contribution in [2.75, 3.05) is 19.0 Å². The van der Waals surface area contributed by atoms with Crippen LogP contribution in [0.4, 0.5) is 0 Å². The number of ether oxygens (including phenoxy) is 4. The van der Waals surface area contributed by atoms with E-state index in [2.05, 4.69) is 38.2 Å². The number of aliphatic hydroxyl groups excluding tert-OH is 3. The van der Waals surface area contributed by atoms with Crippen molar-refractivity contribution in [1.82, 2.24) is 0 Å². The summed E-state index contributed by atoms with van der Waals surface area (Å²) in [6.45, 7) is 3.65. The molecule has 0 aromatic heterocycles.